The van der Waals surface area contributed by atoms with Gasteiger partial charge in [0.05, 0.1) is 6.21 Å². The average Bonchev–Trinajstić information content (AvgIpc) is 2.60. The van der Waals surface area contributed by atoms with Gasteiger partial charge >= 0.3 is 0 Å². The zero-order valence-electron chi connectivity index (χ0n) is 9.76. The third-order valence-corrected chi connectivity index (χ3v) is 2.67. The van der Waals surface area contributed by atoms with Crippen molar-refractivity contribution in [2.24, 2.45) is 10.1 Å². The average molecular weight is 231 g/mol. The second-order valence-corrected chi connectivity index (χ2v) is 4.10. The Hall–Kier alpha value is -1.84. The SMILES string of the molecule is Oc1ccc(/C=N\NC2=NCCCCC2)cc1. The first-order valence-electron chi connectivity index (χ1n) is 5.96. The van der Waals surface area contributed by atoms with Crippen LogP contribution in [0.2, 0.25) is 0 Å². The molecule has 0 bridgehead atoms. The molecule has 0 fully saturated rings. The molecule has 1 heterocycles. The van der Waals surface area contributed by atoms with Crippen molar-refractivity contribution in [1.29, 1.82) is 0 Å². The normalized spacial score (nSPS) is 16.6. The summed E-state index contributed by atoms with van der Waals surface area (Å²) in [6, 6.07) is 6.92. The number of benzene rings is 1. The zero-order valence-corrected chi connectivity index (χ0v) is 9.76. The number of phenolic OH excluding ortho intramolecular Hbond substituents is 1. The van der Waals surface area contributed by atoms with E-state index in [4.69, 9.17) is 5.11 Å². The summed E-state index contributed by atoms with van der Waals surface area (Å²) in [7, 11) is 0. The van der Waals surface area contributed by atoms with Gasteiger partial charge in [-0.1, -0.05) is 6.42 Å². The number of hydrogen-bond acceptors (Lipinski definition) is 4. The number of aromatic hydroxyl groups is 1. The molecule has 0 saturated heterocycles. The number of hydrazone groups is 1. The summed E-state index contributed by atoms with van der Waals surface area (Å²) in [6.07, 6.45) is 6.31. The van der Waals surface area contributed by atoms with Gasteiger partial charge in [-0.15, -0.1) is 0 Å². The molecule has 0 aliphatic carbocycles. The largest absolute Gasteiger partial charge is 0.508 e. The Morgan fingerprint density at radius 1 is 1.18 bits per heavy atom. The molecule has 17 heavy (non-hydrogen) atoms. The molecule has 2 rings (SSSR count). The fourth-order valence-corrected chi connectivity index (χ4v) is 1.71. The lowest BCUT2D eigenvalue weighted by Gasteiger charge is -2.01. The summed E-state index contributed by atoms with van der Waals surface area (Å²) in [4.78, 5) is 4.42. The molecule has 2 N–H and O–H groups in total. The third-order valence-electron chi connectivity index (χ3n) is 2.67. The van der Waals surface area contributed by atoms with Crippen molar-refractivity contribution in [3.05, 3.63) is 29.8 Å². The molecule has 0 spiro atoms. The van der Waals surface area contributed by atoms with Crippen LogP contribution in [-0.4, -0.2) is 23.7 Å². The highest BCUT2D eigenvalue weighted by Gasteiger charge is 2.01. The predicted molar refractivity (Wildman–Crippen MR) is 69.6 cm³/mol. The van der Waals surface area contributed by atoms with Gasteiger partial charge in [-0.3, -0.25) is 10.4 Å². The summed E-state index contributed by atoms with van der Waals surface area (Å²) < 4.78 is 0. The van der Waals surface area contributed by atoms with Gasteiger partial charge in [0.15, 0.2) is 0 Å². The van der Waals surface area contributed by atoms with Gasteiger partial charge in [0.2, 0.25) is 0 Å². The second kappa shape index (κ2) is 6.03. The molecule has 0 radical (unpaired) electrons. The van der Waals surface area contributed by atoms with Crippen LogP contribution in [0, 0.1) is 0 Å². The highest BCUT2D eigenvalue weighted by molar-refractivity contribution is 5.85. The molecular formula is C13H17N3O. The fourth-order valence-electron chi connectivity index (χ4n) is 1.71. The fraction of sp³-hybridized carbons (Fsp3) is 0.385. The molecule has 1 aliphatic rings. The maximum atomic E-state index is 9.14. The van der Waals surface area contributed by atoms with Gasteiger partial charge in [-0.2, -0.15) is 5.10 Å². The second-order valence-electron chi connectivity index (χ2n) is 4.10. The van der Waals surface area contributed by atoms with E-state index < -0.39 is 0 Å². The van der Waals surface area contributed by atoms with Crippen LogP contribution in [0.4, 0.5) is 0 Å². The highest BCUT2D eigenvalue weighted by Crippen LogP contribution is 2.08. The summed E-state index contributed by atoms with van der Waals surface area (Å²) >= 11 is 0. The number of aliphatic imine (C=N–C) groups is 1. The maximum Gasteiger partial charge on any atom is 0.117 e. The van der Waals surface area contributed by atoms with Crippen LogP contribution >= 0.6 is 0 Å². The van der Waals surface area contributed by atoms with E-state index in [2.05, 4.69) is 15.5 Å². The maximum absolute atomic E-state index is 9.14. The smallest absolute Gasteiger partial charge is 0.117 e. The van der Waals surface area contributed by atoms with Gasteiger partial charge in [-0.05, 0) is 42.7 Å². The van der Waals surface area contributed by atoms with Gasteiger partial charge < -0.3 is 5.11 Å². The quantitative estimate of drug-likeness (QED) is 0.606. The summed E-state index contributed by atoms with van der Waals surface area (Å²) in [5, 5.41) is 13.3. The van der Waals surface area contributed by atoms with E-state index in [0.29, 0.717) is 0 Å². The Balaban J connectivity index is 1.88. The molecular weight excluding hydrogens is 214 g/mol. The Labute approximate surface area is 101 Å². The van der Waals surface area contributed by atoms with E-state index >= 15 is 0 Å². The van der Waals surface area contributed by atoms with Crippen molar-refractivity contribution in [2.45, 2.75) is 25.7 Å². The molecule has 1 aromatic rings. The lowest BCUT2D eigenvalue weighted by atomic mass is 10.2. The van der Waals surface area contributed by atoms with Gasteiger partial charge in [0, 0.05) is 13.0 Å². The first-order valence-corrected chi connectivity index (χ1v) is 5.96. The lowest BCUT2D eigenvalue weighted by Crippen LogP contribution is -2.17. The number of nitrogens with one attached hydrogen (secondary N) is 1. The molecule has 1 aliphatic heterocycles. The molecule has 0 amide bonds. The first kappa shape index (κ1) is 11.6. The summed E-state index contributed by atoms with van der Waals surface area (Å²) in [5.41, 5.74) is 3.93. The molecule has 0 atom stereocenters. The van der Waals surface area contributed by atoms with E-state index in [0.717, 1.165) is 24.4 Å². The molecule has 90 valence electrons. The van der Waals surface area contributed by atoms with Gasteiger partial charge in [-0.25, -0.2) is 0 Å². The third kappa shape index (κ3) is 3.90. The topological polar surface area (TPSA) is 57.0 Å². The highest BCUT2D eigenvalue weighted by atomic mass is 16.3. The predicted octanol–water partition coefficient (Wildman–Crippen LogP) is 2.29. The van der Waals surface area contributed by atoms with Gasteiger partial charge in [0.1, 0.15) is 11.6 Å². The molecule has 0 saturated carbocycles. The monoisotopic (exact) mass is 231 g/mol. The number of rotatable bonds is 2. The number of phenols is 1. The van der Waals surface area contributed by atoms with Crippen LogP contribution in [0.1, 0.15) is 31.2 Å². The van der Waals surface area contributed by atoms with Crippen LogP contribution in [0.15, 0.2) is 34.4 Å². The Morgan fingerprint density at radius 3 is 2.82 bits per heavy atom. The van der Waals surface area contributed by atoms with Gasteiger partial charge in [0.25, 0.3) is 0 Å². The van der Waals surface area contributed by atoms with Crippen molar-refractivity contribution in [2.75, 3.05) is 6.54 Å². The molecule has 0 aromatic heterocycles. The van der Waals surface area contributed by atoms with E-state index in [1.165, 1.54) is 19.3 Å². The minimum absolute atomic E-state index is 0.267. The van der Waals surface area contributed by atoms with Crippen LogP contribution in [0.25, 0.3) is 0 Å². The number of amidine groups is 1. The van der Waals surface area contributed by atoms with E-state index in [1.54, 1.807) is 18.3 Å². The van der Waals surface area contributed by atoms with Crippen molar-refractivity contribution in [1.82, 2.24) is 5.43 Å². The van der Waals surface area contributed by atoms with Crippen LogP contribution < -0.4 is 5.43 Å². The van der Waals surface area contributed by atoms with Crippen molar-refractivity contribution in [3.63, 3.8) is 0 Å². The van der Waals surface area contributed by atoms with E-state index in [1.807, 2.05) is 12.1 Å². The minimum Gasteiger partial charge on any atom is -0.508 e. The lowest BCUT2D eigenvalue weighted by molar-refractivity contribution is 0.475. The molecule has 4 heteroatoms. The van der Waals surface area contributed by atoms with Crippen LogP contribution in [0.3, 0.4) is 0 Å². The summed E-state index contributed by atoms with van der Waals surface area (Å²) in [5.74, 6) is 1.24. The molecule has 4 nitrogen and oxygen atoms in total. The molecule has 0 unspecified atom stereocenters. The van der Waals surface area contributed by atoms with Crippen LogP contribution in [0.5, 0.6) is 5.75 Å². The number of hydrogen-bond donors (Lipinski definition) is 2. The zero-order chi connectivity index (χ0) is 11.9. The first-order chi connectivity index (χ1) is 8.34. The van der Waals surface area contributed by atoms with Crippen molar-refractivity contribution >= 4 is 12.1 Å². The Kier molecular flexibility index (Phi) is 4.13. The molecule has 1 aromatic carbocycles. The minimum atomic E-state index is 0.267. The Morgan fingerprint density at radius 2 is 2.00 bits per heavy atom. The van der Waals surface area contributed by atoms with Crippen molar-refractivity contribution < 1.29 is 5.11 Å². The summed E-state index contributed by atoms with van der Waals surface area (Å²) in [6.45, 7) is 0.900. The standard InChI is InChI=1S/C13H17N3O/c17-12-7-5-11(6-8-12)10-15-16-13-4-2-1-3-9-14-13/h5-8,10,17H,1-4,9H2,(H,14,16)/b15-10-. The van der Waals surface area contributed by atoms with Crippen LogP contribution in [-0.2, 0) is 0 Å². The Bertz CT molecular complexity index is 409. The van der Waals surface area contributed by atoms with E-state index in [-0.39, 0.29) is 5.75 Å². The van der Waals surface area contributed by atoms with E-state index in [9.17, 15) is 0 Å². The van der Waals surface area contributed by atoms with Crippen molar-refractivity contribution in [3.8, 4) is 5.75 Å². The number of nitrogens with zero attached hydrogens (tertiary/aromatic N) is 2.